The lowest BCUT2D eigenvalue weighted by molar-refractivity contribution is 0.0791. The fourth-order valence-electron chi connectivity index (χ4n) is 5.17. The van der Waals surface area contributed by atoms with Gasteiger partial charge >= 0.3 is 0 Å². The van der Waals surface area contributed by atoms with Crippen molar-refractivity contribution in [3.63, 3.8) is 0 Å². The van der Waals surface area contributed by atoms with E-state index in [-0.39, 0.29) is 17.1 Å². The van der Waals surface area contributed by atoms with Crippen LogP contribution >= 0.6 is 11.6 Å². The van der Waals surface area contributed by atoms with Crippen LogP contribution in [0.25, 0.3) is 11.1 Å². The van der Waals surface area contributed by atoms with Gasteiger partial charge < -0.3 is 20.7 Å². The number of amides is 1. The first kappa shape index (κ1) is 25.9. The summed E-state index contributed by atoms with van der Waals surface area (Å²) in [4.78, 5) is 28.2. The van der Waals surface area contributed by atoms with Crippen molar-refractivity contribution in [3.05, 3.63) is 101 Å². The number of benzene rings is 2. The molecule has 1 aliphatic carbocycles. The third-order valence-corrected chi connectivity index (χ3v) is 7.38. The van der Waals surface area contributed by atoms with Gasteiger partial charge in [0.05, 0.1) is 18.4 Å². The van der Waals surface area contributed by atoms with Crippen molar-refractivity contribution in [1.82, 2.24) is 14.9 Å². The largest absolute Gasteiger partial charge is 0.496 e. The Bertz CT molecular complexity index is 1630. The number of likely N-dealkylation sites (tertiary alicyclic amines) is 1. The molecule has 1 atom stereocenters. The molecule has 8 nitrogen and oxygen atoms in total. The molecule has 1 unspecified atom stereocenters. The Kier molecular flexibility index (Phi) is 6.91. The molecule has 2 aliphatic heterocycles. The molecule has 3 aromatic rings. The number of rotatable bonds is 5. The number of carbonyl (C=O) groups is 1. The number of nitrogens with zero attached hydrogens (tertiary/aromatic N) is 4. The highest BCUT2D eigenvalue weighted by Crippen LogP contribution is 2.43. The van der Waals surface area contributed by atoms with Crippen molar-refractivity contribution in [3.8, 4) is 5.75 Å². The molecule has 0 saturated carbocycles. The van der Waals surface area contributed by atoms with Gasteiger partial charge in [0.1, 0.15) is 16.7 Å². The van der Waals surface area contributed by atoms with Gasteiger partial charge in [-0.3, -0.25) is 4.79 Å². The number of allylic oxidation sites excluding steroid dienone is 5. The van der Waals surface area contributed by atoms with Crippen molar-refractivity contribution in [2.45, 2.75) is 18.9 Å². The average Bonchev–Trinajstić information content (AvgIpc) is 3.33. The molecule has 3 heterocycles. The van der Waals surface area contributed by atoms with E-state index in [4.69, 9.17) is 27.1 Å². The first-order valence-corrected chi connectivity index (χ1v) is 13.3. The second-order valence-corrected chi connectivity index (χ2v) is 10.1. The van der Waals surface area contributed by atoms with Gasteiger partial charge in [-0.1, -0.05) is 23.7 Å². The maximum absolute atomic E-state index is 15.1. The van der Waals surface area contributed by atoms with E-state index in [0.717, 1.165) is 23.2 Å². The van der Waals surface area contributed by atoms with E-state index in [0.29, 0.717) is 59.2 Å². The number of aliphatic imine (C=N–C) groups is 1. The maximum atomic E-state index is 15.1. The topological polar surface area (TPSA) is 106 Å². The van der Waals surface area contributed by atoms with Crippen LogP contribution in [0.5, 0.6) is 5.75 Å². The molecular formula is C30H26ClFN6O2. The Morgan fingerprint density at radius 2 is 2.00 bits per heavy atom. The molecular weight excluding hydrogens is 531 g/mol. The number of fused-ring (bicyclic) bond motifs is 3. The first-order chi connectivity index (χ1) is 19.4. The predicted molar refractivity (Wildman–Crippen MR) is 154 cm³/mol. The SMILES string of the molecule is COc1cccc(F)c1C1=CC(Cl)=NC=C2C1=CCc1cnc(Nc3ccc(C(=O)N4CCC(N)C4)cc3)nc12. The smallest absolute Gasteiger partial charge is 0.253 e. The number of halogens is 2. The minimum Gasteiger partial charge on any atom is -0.496 e. The highest BCUT2D eigenvalue weighted by atomic mass is 35.5. The number of carbonyl (C=O) groups excluding carboxylic acids is 1. The summed E-state index contributed by atoms with van der Waals surface area (Å²) in [5, 5.41) is 3.43. The first-order valence-electron chi connectivity index (χ1n) is 12.9. The normalized spacial score (nSPS) is 18.0. The van der Waals surface area contributed by atoms with Gasteiger partial charge in [0.15, 0.2) is 0 Å². The van der Waals surface area contributed by atoms with Crippen LogP contribution in [0, 0.1) is 5.82 Å². The van der Waals surface area contributed by atoms with Crippen LogP contribution in [-0.2, 0) is 6.42 Å². The van der Waals surface area contributed by atoms with Gasteiger partial charge in [-0.25, -0.2) is 19.4 Å². The van der Waals surface area contributed by atoms with Gasteiger partial charge in [0, 0.05) is 53.9 Å². The van der Waals surface area contributed by atoms with Crippen LogP contribution in [0.1, 0.15) is 33.6 Å². The molecule has 1 saturated heterocycles. The second kappa shape index (κ2) is 10.7. The molecule has 3 aliphatic rings. The summed E-state index contributed by atoms with van der Waals surface area (Å²) < 4.78 is 20.6. The Morgan fingerprint density at radius 3 is 2.75 bits per heavy atom. The van der Waals surface area contributed by atoms with Crippen LogP contribution in [0.3, 0.4) is 0 Å². The quantitative estimate of drug-likeness (QED) is 0.453. The number of anilines is 2. The van der Waals surface area contributed by atoms with E-state index in [1.807, 2.05) is 18.2 Å². The van der Waals surface area contributed by atoms with E-state index in [1.165, 1.54) is 13.2 Å². The van der Waals surface area contributed by atoms with Crippen LogP contribution in [0.15, 0.2) is 77.6 Å². The highest BCUT2D eigenvalue weighted by molar-refractivity contribution is 6.69. The van der Waals surface area contributed by atoms with Crippen molar-refractivity contribution in [2.24, 2.45) is 10.7 Å². The van der Waals surface area contributed by atoms with Crippen molar-refractivity contribution in [2.75, 3.05) is 25.5 Å². The number of hydrogen-bond acceptors (Lipinski definition) is 7. The zero-order chi connectivity index (χ0) is 27.8. The fraction of sp³-hybridized carbons (Fsp3) is 0.200. The van der Waals surface area contributed by atoms with E-state index in [1.54, 1.807) is 47.6 Å². The Hall–Kier alpha value is -4.34. The van der Waals surface area contributed by atoms with Crippen LogP contribution in [0.4, 0.5) is 16.0 Å². The number of aromatic nitrogens is 2. The molecule has 202 valence electrons. The molecule has 6 rings (SSSR count). The highest BCUT2D eigenvalue weighted by Gasteiger charge is 2.28. The second-order valence-electron chi connectivity index (χ2n) is 9.76. The maximum Gasteiger partial charge on any atom is 0.253 e. The molecule has 2 aromatic carbocycles. The summed E-state index contributed by atoms with van der Waals surface area (Å²) in [6.45, 7) is 1.25. The summed E-state index contributed by atoms with van der Waals surface area (Å²) in [5.74, 6) is 0.309. The molecule has 0 spiro atoms. The molecule has 0 bridgehead atoms. The third kappa shape index (κ3) is 4.89. The number of nitrogens with two attached hydrogens (primary N) is 1. The summed E-state index contributed by atoms with van der Waals surface area (Å²) >= 11 is 6.39. The van der Waals surface area contributed by atoms with Crippen molar-refractivity contribution in [1.29, 1.82) is 0 Å². The lowest BCUT2D eigenvalue weighted by Crippen LogP contribution is -2.31. The minimum atomic E-state index is -0.428. The van der Waals surface area contributed by atoms with Gasteiger partial charge in [-0.05, 0) is 66.5 Å². The lowest BCUT2D eigenvalue weighted by atomic mass is 9.84. The van der Waals surface area contributed by atoms with E-state index >= 15 is 4.39 Å². The fourth-order valence-corrected chi connectivity index (χ4v) is 5.33. The molecule has 1 amide bonds. The van der Waals surface area contributed by atoms with Crippen LogP contribution in [-0.4, -0.2) is 52.2 Å². The molecule has 1 aromatic heterocycles. The molecule has 1 fully saturated rings. The zero-order valence-electron chi connectivity index (χ0n) is 21.7. The van der Waals surface area contributed by atoms with Crippen molar-refractivity contribution < 1.29 is 13.9 Å². The summed E-state index contributed by atoms with van der Waals surface area (Å²) in [6, 6.07) is 11.9. The molecule has 3 N–H and O–H groups in total. The standard InChI is InChI=1S/C30H26ClFN6O2/c1-40-25-4-2-3-24(32)27(25)22-13-26(31)34-15-23-21(22)10-7-18-14-35-30(37-28(18)23)36-20-8-5-17(6-9-20)29(39)38-12-11-19(33)16-38/h2-6,8-10,13-15,19H,7,11-12,16,33H2,1H3,(H,35,36,37). The molecule has 0 radical (unpaired) electrons. The van der Waals surface area contributed by atoms with Gasteiger partial charge in [-0.15, -0.1) is 0 Å². The average molecular weight is 557 g/mol. The van der Waals surface area contributed by atoms with Crippen LogP contribution < -0.4 is 15.8 Å². The number of methoxy groups -OCH3 is 1. The predicted octanol–water partition coefficient (Wildman–Crippen LogP) is 5.10. The Morgan fingerprint density at radius 1 is 1.18 bits per heavy atom. The number of ether oxygens (including phenoxy) is 1. The van der Waals surface area contributed by atoms with E-state index in [2.05, 4.69) is 15.3 Å². The lowest BCUT2D eigenvalue weighted by Gasteiger charge is -2.22. The number of hydrogen-bond donors (Lipinski definition) is 2. The van der Waals surface area contributed by atoms with Gasteiger partial charge in [0.2, 0.25) is 5.95 Å². The van der Waals surface area contributed by atoms with Crippen LogP contribution in [0.2, 0.25) is 0 Å². The number of nitrogens with one attached hydrogen (secondary N) is 1. The zero-order valence-corrected chi connectivity index (χ0v) is 22.5. The molecule has 40 heavy (non-hydrogen) atoms. The van der Waals surface area contributed by atoms with Gasteiger partial charge in [-0.2, -0.15) is 0 Å². The van der Waals surface area contributed by atoms with E-state index < -0.39 is 5.82 Å². The summed E-state index contributed by atoms with van der Waals surface area (Å²) in [7, 11) is 1.50. The Balaban J connectivity index is 1.29. The monoisotopic (exact) mass is 556 g/mol. The third-order valence-electron chi connectivity index (χ3n) is 7.17. The Labute approximate surface area is 235 Å². The van der Waals surface area contributed by atoms with Crippen molar-refractivity contribution >= 4 is 45.5 Å². The van der Waals surface area contributed by atoms with Gasteiger partial charge in [0.25, 0.3) is 5.91 Å². The summed E-state index contributed by atoms with van der Waals surface area (Å²) in [5.41, 5.74) is 11.2. The minimum absolute atomic E-state index is 0.0290. The summed E-state index contributed by atoms with van der Waals surface area (Å²) in [6.07, 6.45) is 8.40. The molecule has 10 heteroatoms. The van der Waals surface area contributed by atoms with E-state index in [9.17, 15) is 4.79 Å².